The number of fused-ring (bicyclic) bond motifs is 7. The van der Waals surface area contributed by atoms with Gasteiger partial charge < -0.3 is 14.9 Å². The third-order valence-electron chi connectivity index (χ3n) is 9.22. The number of hydrogen-bond acceptors (Lipinski definition) is 4. The van der Waals surface area contributed by atoms with Crippen LogP contribution in [0.3, 0.4) is 0 Å². The van der Waals surface area contributed by atoms with Crippen LogP contribution in [0, 0.1) is 46.8 Å². The van der Waals surface area contributed by atoms with Crippen molar-refractivity contribution in [3.63, 3.8) is 0 Å². The monoisotopic (exact) mass is 398 g/mol. The molecule has 0 heterocycles. The number of carbonyl (C=O) groups is 2. The highest BCUT2D eigenvalue weighted by Crippen LogP contribution is 2.76. The molecule has 0 bridgehead atoms. The highest BCUT2D eigenvalue weighted by molar-refractivity contribution is 5.91. The molecule has 5 aliphatic carbocycles. The quantitative estimate of drug-likeness (QED) is 0.420. The molecule has 9 atom stereocenters. The maximum atomic E-state index is 12.0. The predicted octanol–water partition coefficient (Wildman–Crippen LogP) is 4.34. The Kier molecular flexibility index (Phi) is 4.16. The molecule has 5 rings (SSSR count). The minimum atomic E-state index is -1.36. The van der Waals surface area contributed by atoms with Gasteiger partial charge in [0.1, 0.15) is 0 Å². The van der Waals surface area contributed by atoms with Gasteiger partial charge in [-0.2, -0.15) is 0 Å². The highest BCUT2D eigenvalue weighted by atomic mass is 16.7. The van der Waals surface area contributed by atoms with Crippen LogP contribution in [-0.4, -0.2) is 27.8 Å². The van der Waals surface area contributed by atoms with Crippen molar-refractivity contribution in [2.75, 3.05) is 0 Å². The molecule has 4 saturated carbocycles. The first kappa shape index (κ1) is 19.1. The zero-order valence-electron chi connectivity index (χ0n) is 16.9. The molecular formula is C24H30O5. The molecule has 0 saturated heterocycles. The van der Waals surface area contributed by atoms with E-state index in [1.165, 1.54) is 5.57 Å². The summed E-state index contributed by atoms with van der Waals surface area (Å²) < 4.78 is 4.61. The summed E-state index contributed by atoms with van der Waals surface area (Å²) >= 11 is 0. The third-order valence-corrected chi connectivity index (χ3v) is 9.22. The Morgan fingerprint density at radius 1 is 1.34 bits per heavy atom. The first-order chi connectivity index (χ1) is 13.8. The number of hydrogen-bond donors (Lipinski definition) is 2. The summed E-state index contributed by atoms with van der Waals surface area (Å²) in [6, 6.07) is 0. The van der Waals surface area contributed by atoms with Crippen molar-refractivity contribution in [2.45, 2.75) is 51.0 Å². The molecule has 0 radical (unpaired) electrons. The van der Waals surface area contributed by atoms with Crippen LogP contribution in [0.15, 0.2) is 36.6 Å². The SMILES string of the molecule is C=C[C@H]1CC2=CC(=O)CC[C@@H]2[C@H]2CC[C@@]3(C)[C@@H]([C@H]4C[C@H]4[C@@]3(O)/C=C\OC(=O)O)[C@@H]21. The van der Waals surface area contributed by atoms with E-state index in [0.29, 0.717) is 41.9 Å². The average molecular weight is 398 g/mol. The van der Waals surface area contributed by atoms with Gasteiger partial charge in [-0.3, -0.25) is 4.79 Å². The number of carbonyl (C=O) groups excluding carboxylic acids is 1. The molecule has 29 heavy (non-hydrogen) atoms. The van der Waals surface area contributed by atoms with E-state index in [2.05, 4.69) is 24.3 Å². The topological polar surface area (TPSA) is 83.8 Å². The van der Waals surface area contributed by atoms with Gasteiger partial charge in [0.15, 0.2) is 5.78 Å². The summed E-state index contributed by atoms with van der Waals surface area (Å²) in [5, 5.41) is 20.5. The van der Waals surface area contributed by atoms with E-state index in [9.17, 15) is 14.7 Å². The van der Waals surface area contributed by atoms with Crippen LogP contribution in [0.4, 0.5) is 4.79 Å². The second-order valence-corrected chi connectivity index (χ2v) is 10.2. The molecule has 0 aromatic heterocycles. The van der Waals surface area contributed by atoms with E-state index < -0.39 is 11.8 Å². The Labute approximate surface area is 171 Å². The van der Waals surface area contributed by atoms with Crippen LogP contribution in [0.1, 0.15) is 45.4 Å². The molecule has 0 aliphatic heterocycles. The second-order valence-electron chi connectivity index (χ2n) is 10.2. The standard InChI is InChI=1S/C24H30O5/c1-3-13-10-14-11-15(25)4-5-16(14)17-6-7-23(2)21(20(13)17)18-12-19(18)24(23,28)8-9-29-22(26)27/h3,8-9,11,13,16-21,28H,1,4-7,10,12H2,2H3,(H,26,27)/b9-8-/t13-,16-,17+,18-,19+,20+,21-,23-,24-/m0/s1. The Balaban J connectivity index is 1.50. The van der Waals surface area contributed by atoms with Crippen LogP contribution in [0.5, 0.6) is 0 Å². The average Bonchev–Trinajstić information content (AvgIpc) is 3.43. The van der Waals surface area contributed by atoms with E-state index >= 15 is 0 Å². The van der Waals surface area contributed by atoms with Crippen molar-refractivity contribution in [2.24, 2.45) is 46.8 Å². The lowest BCUT2D eigenvalue weighted by Crippen LogP contribution is -2.56. The largest absolute Gasteiger partial charge is 0.510 e. The van der Waals surface area contributed by atoms with Crippen molar-refractivity contribution >= 4 is 11.9 Å². The molecule has 5 heteroatoms. The lowest BCUT2D eigenvalue weighted by molar-refractivity contribution is -0.124. The van der Waals surface area contributed by atoms with Crippen molar-refractivity contribution < 1.29 is 24.5 Å². The number of rotatable bonds is 3. The Morgan fingerprint density at radius 3 is 2.86 bits per heavy atom. The first-order valence-electron chi connectivity index (χ1n) is 11.0. The van der Waals surface area contributed by atoms with Gasteiger partial charge in [0.2, 0.25) is 0 Å². The van der Waals surface area contributed by atoms with Gasteiger partial charge in [-0.15, -0.1) is 6.58 Å². The molecule has 5 aliphatic rings. The van der Waals surface area contributed by atoms with Crippen molar-refractivity contribution in [1.82, 2.24) is 0 Å². The zero-order chi connectivity index (χ0) is 20.6. The zero-order valence-corrected chi connectivity index (χ0v) is 16.9. The normalized spacial score (nSPS) is 50.1. The first-order valence-corrected chi connectivity index (χ1v) is 11.0. The van der Waals surface area contributed by atoms with E-state index in [-0.39, 0.29) is 17.1 Å². The van der Waals surface area contributed by atoms with Crippen LogP contribution < -0.4 is 0 Å². The number of allylic oxidation sites excluding steroid dienone is 2. The number of ether oxygens (including phenoxy) is 1. The molecular weight excluding hydrogens is 368 g/mol. The van der Waals surface area contributed by atoms with E-state index in [1.807, 2.05) is 6.08 Å². The predicted molar refractivity (Wildman–Crippen MR) is 107 cm³/mol. The van der Waals surface area contributed by atoms with Crippen LogP contribution >= 0.6 is 0 Å². The van der Waals surface area contributed by atoms with Crippen LogP contribution in [-0.2, 0) is 9.53 Å². The van der Waals surface area contributed by atoms with Gasteiger partial charge in [0, 0.05) is 11.8 Å². The molecule has 0 amide bonds. The third kappa shape index (κ3) is 2.56. The Hall–Kier alpha value is -1.88. The van der Waals surface area contributed by atoms with E-state index in [1.54, 1.807) is 6.08 Å². The molecule has 156 valence electrons. The van der Waals surface area contributed by atoms with Gasteiger partial charge in [-0.25, -0.2) is 4.79 Å². The smallest absolute Gasteiger partial charge is 0.449 e. The molecule has 0 spiro atoms. The molecule has 4 fully saturated rings. The molecule has 0 aromatic rings. The van der Waals surface area contributed by atoms with Gasteiger partial charge in [0.25, 0.3) is 0 Å². The molecule has 0 aromatic carbocycles. The summed E-state index contributed by atoms with van der Waals surface area (Å²) in [5.41, 5.74) is 0.0200. The fourth-order valence-corrected chi connectivity index (χ4v) is 8.06. The van der Waals surface area contributed by atoms with Crippen LogP contribution in [0.2, 0.25) is 0 Å². The number of carboxylic acid groups (broad SMARTS) is 1. The van der Waals surface area contributed by atoms with Crippen molar-refractivity contribution in [3.8, 4) is 0 Å². The van der Waals surface area contributed by atoms with E-state index in [4.69, 9.17) is 5.11 Å². The summed E-state index contributed by atoms with van der Waals surface area (Å²) in [4.78, 5) is 22.8. The minimum absolute atomic E-state index is 0.181. The fraction of sp³-hybridized carbons (Fsp3) is 0.667. The molecule has 5 nitrogen and oxygen atoms in total. The second kappa shape index (κ2) is 6.31. The number of ketones is 1. The van der Waals surface area contributed by atoms with Gasteiger partial charge in [-0.05, 0) is 85.7 Å². The maximum Gasteiger partial charge on any atom is 0.510 e. The highest BCUT2D eigenvalue weighted by Gasteiger charge is 2.75. The van der Waals surface area contributed by atoms with E-state index in [0.717, 1.165) is 38.4 Å². The summed E-state index contributed by atoms with van der Waals surface area (Å²) in [7, 11) is 0. The molecule has 0 unspecified atom stereocenters. The Bertz CT molecular complexity index is 827. The Morgan fingerprint density at radius 2 is 2.14 bits per heavy atom. The summed E-state index contributed by atoms with van der Waals surface area (Å²) in [5.74, 6) is 3.17. The summed E-state index contributed by atoms with van der Waals surface area (Å²) in [6.45, 7) is 6.33. The minimum Gasteiger partial charge on any atom is -0.449 e. The fourth-order valence-electron chi connectivity index (χ4n) is 8.06. The van der Waals surface area contributed by atoms with Gasteiger partial charge in [-0.1, -0.05) is 18.6 Å². The maximum absolute atomic E-state index is 12.0. The van der Waals surface area contributed by atoms with Gasteiger partial charge in [0.05, 0.1) is 11.9 Å². The lowest BCUT2D eigenvalue weighted by Gasteiger charge is -2.58. The van der Waals surface area contributed by atoms with Gasteiger partial charge >= 0.3 is 6.16 Å². The number of aliphatic hydroxyl groups is 1. The molecule has 2 N–H and O–H groups in total. The van der Waals surface area contributed by atoms with Crippen molar-refractivity contribution in [1.29, 1.82) is 0 Å². The van der Waals surface area contributed by atoms with Crippen LogP contribution in [0.25, 0.3) is 0 Å². The van der Waals surface area contributed by atoms with Crippen molar-refractivity contribution in [3.05, 3.63) is 36.6 Å². The lowest BCUT2D eigenvalue weighted by atomic mass is 9.47. The summed E-state index contributed by atoms with van der Waals surface area (Å²) in [6.07, 6.45) is 10.9.